The highest BCUT2D eigenvalue weighted by molar-refractivity contribution is 6.39. The normalized spacial score (nSPS) is 11.1. The van der Waals surface area contributed by atoms with E-state index in [2.05, 4.69) is 0 Å². The van der Waals surface area contributed by atoms with E-state index < -0.39 is 34.7 Å². The Hall–Kier alpha value is -1.98. The van der Waals surface area contributed by atoms with Crippen LogP contribution in [0.2, 0.25) is 0 Å². The Morgan fingerprint density at radius 1 is 1.20 bits per heavy atom. The van der Waals surface area contributed by atoms with Gasteiger partial charge in [-0.15, -0.1) is 0 Å². The van der Waals surface area contributed by atoms with E-state index in [9.17, 15) is 18.4 Å². The molecule has 0 saturated carbocycles. The van der Waals surface area contributed by atoms with Crippen LogP contribution in [0.1, 0.15) is 27.7 Å². The van der Waals surface area contributed by atoms with Crippen LogP contribution in [0.25, 0.3) is 0 Å². The molecule has 1 N–H and O–H groups in total. The van der Waals surface area contributed by atoms with Crippen LogP contribution in [0.3, 0.4) is 0 Å². The van der Waals surface area contributed by atoms with Crippen LogP contribution in [0, 0.1) is 11.6 Å². The lowest BCUT2D eigenvalue weighted by molar-refractivity contribution is -0.146. The van der Waals surface area contributed by atoms with Gasteiger partial charge in [-0.3, -0.25) is 9.59 Å². The number of hydrogen-bond acceptors (Lipinski definition) is 2. The summed E-state index contributed by atoms with van der Waals surface area (Å²) in [6, 6.07) is 3.19. The van der Waals surface area contributed by atoms with E-state index in [4.69, 9.17) is 0 Å². The molecule has 0 aromatic heterocycles. The number of hydrogen-bond donors (Lipinski definition) is 1. The molecule has 0 heterocycles. The molecule has 0 aliphatic rings. The molecule has 0 saturated heterocycles. The summed E-state index contributed by atoms with van der Waals surface area (Å²) in [6.07, 6.45) is 0. The minimum atomic E-state index is -1.06. The largest absolute Gasteiger partial charge is 0.330 e. The first-order chi connectivity index (χ1) is 9.18. The average molecular weight is 284 g/mol. The number of halogens is 2. The van der Waals surface area contributed by atoms with Crippen molar-refractivity contribution < 1.29 is 18.4 Å². The highest BCUT2D eigenvalue weighted by Gasteiger charge is 2.30. The summed E-state index contributed by atoms with van der Waals surface area (Å²) in [4.78, 5) is 25.2. The van der Waals surface area contributed by atoms with Crippen LogP contribution in [-0.2, 0) is 9.59 Å². The van der Waals surface area contributed by atoms with Gasteiger partial charge >= 0.3 is 11.8 Å². The van der Waals surface area contributed by atoms with Crippen molar-refractivity contribution >= 4 is 17.5 Å². The fraction of sp³-hybridized carbons (Fsp3) is 0.429. The molecule has 0 atom stereocenters. The summed E-state index contributed by atoms with van der Waals surface area (Å²) in [5.74, 6) is -3.75. The third kappa shape index (κ3) is 3.53. The van der Waals surface area contributed by atoms with E-state index in [1.54, 1.807) is 27.7 Å². The van der Waals surface area contributed by atoms with Gasteiger partial charge in [0.2, 0.25) is 0 Å². The fourth-order valence-electron chi connectivity index (χ4n) is 1.83. The number of amides is 2. The van der Waals surface area contributed by atoms with Crippen LogP contribution in [0.4, 0.5) is 14.5 Å². The second-order valence-electron chi connectivity index (χ2n) is 5.27. The number of benzene rings is 1. The number of carbonyl (C=O) groups is 2. The lowest BCUT2D eigenvalue weighted by Gasteiger charge is -2.34. The molecular formula is C14H18F2N2O2. The van der Waals surface area contributed by atoms with Gasteiger partial charge in [0.1, 0.15) is 17.3 Å². The third-order valence-electron chi connectivity index (χ3n) is 2.77. The number of anilines is 1. The Bertz CT molecular complexity index is 504. The molecule has 110 valence electrons. The summed E-state index contributed by atoms with van der Waals surface area (Å²) < 4.78 is 26.8. The summed E-state index contributed by atoms with van der Waals surface area (Å²) in [5, 5.41) is 1.98. The summed E-state index contributed by atoms with van der Waals surface area (Å²) in [7, 11) is 0. The summed E-state index contributed by atoms with van der Waals surface area (Å²) >= 11 is 0. The Morgan fingerprint density at radius 3 is 2.10 bits per heavy atom. The van der Waals surface area contributed by atoms with Crippen LogP contribution >= 0.6 is 0 Å². The molecule has 2 amide bonds. The standard InChI is InChI=1S/C14H18F2N2O2/c1-5-18(14(2,3)4)13(20)12(19)17-11-9(15)7-6-8-10(11)16/h6-8H,5H2,1-4H3,(H,17,19). The Balaban J connectivity index is 2.94. The van der Waals surface area contributed by atoms with Gasteiger partial charge in [-0.05, 0) is 39.8 Å². The van der Waals surface area contributed by atoms with E-state index in [0.29, 0.717) is 6.54 Å². The monoisotopic (exact) mass is 284 g/mol. The molecule has 0 fully saturated rings. The molecule has 0 bridgehead atoms. The maximum absolute atomic E-state index is 13.4. The maximum Gasteiger partial charge on any atom is 0.314 e. The molecule has 0 unspecified atom stereocenters. The third-order valence-corrected chi connectivity index (χ3v) is 2.77. The quantitative estimate of drug-likeness (QED) is 0.848. The van der Waals surface area contributed by atoms with Gasteiger partial charge in [0.05, 0.1) is 0 Å². The Morgan fingerprint density at radius 2 is 1.70 bits per heavy atom. The Labute approximate surface area is 116 Å². The molecule has 6 heteroatoms. The number of carbonyl (C=O) groups excluding carboxylic acids is 2. The topological polar surface area (TPSA) is 49.4 Å². The van der Waals surface area contributed by atoms with E-state index >= 15 is 0 Å². The van der Waals surface area contributed by atoms with Crippen molar-refractivity contribution in [2.75, 3.05) is 11.9 Å². The average Bonchev–Trinajstić information content (AvgIpc) is 2.32. The van der Waals surface area contributed by atoms with Crippen molar-refractivity contribution in [2.24, 2.45) is 0 Å². The number of nitrogens with zero attached hydrogens (tertiary/aromatic N) is 1. The smallest absolute Gasteiger partial charge is 0.314 e. The maximum atomic E-state index is 13.4. The zero-order valence-electron chi connectivity index (χ0n) is 12.0. The lowest BCUT2D eigenvalue weighted by atomic mass is 10.1. The van der Waals surface area contributed by atoms with Gasteiger partial charge in [-0.2, -0.15) is 0 Å². The van der Waals surface area contributed by atoms with Gasteiger partial charge < -0.3 is 10.2 Å². The molecule has 4 nitrogen and oxygen atoms in total. The lowest BCUT2D eigenvalue weighted by Crippen LogP contribution is -2.50. The zero-order chi connectivity index (χ0) is 15.5. The first kappa shape index (κ1) is 16.1. The van der Waals surface area contributed by atoms with Crippen molar-refractivity contribution in [2.45, 2.75) is 33.2 Å². The van der Waals surface area contributed by atoms with Crippen LogP contribution in [-0.4, -0.2) is 28.8 Å². The van der Waals surface area contributed by atoms with E-state index in [1.807, 2.05) is 5.32 Å². The summed E-state index contributed by atoms with van der Waals surface area (Å²) in [6.45, 7) is 7.34. The highest BCUT2D eigenvalue weighted by atomic mass is 19.1. The second kappa shape index (κ2) is 5.98. The SMILES string of the molecule is CCN(C(=O)C(=O)Nc1c(F)cccc1F)C(C)(C)C. The first-order valence-corrected chi connectivity index (χ1v) is 6.25. The predicted molar refractivity (Wildman–Crippen MR) is 72.1 cm³/mol. The molecule has 0 aliphatic carbocycles. The number of rotatable bonds is 2. The van der Waals surface area contributed by atoms with E-state index in [0.717, 1.165) is 12.1 Å². The minimum Gasteiger partial charge on any atom is -0.330 e. The van der Waals surface area contributed by atoms with Gasteiger partial charge in [0.25, 0.3) is 0 Å². The van der Waals surface area contributed by atoms with Gasteiger partial charge in [-0.1, -0.05) is 6.07 Å². The van der Waals surface area contributed by atoms with Crippen LogP contribution in [0.5, 0.6) is 0 Å². The molecule has 1 aromatic carbocycles. The van der Waals surface area contributed by atoms with Gasteiger partial charge in [-0.25, -0.2) is 8.78 Å². The molecule has 20 heavy (non-hydrogen) atoms. The minimum absolute atomic E-state index is 0.315. The molecule has 0 aliphatic heterocycles. The number of nitrogens with one attached hydrogen (secondary N) is 1. The molecule has 1 aromatic rings. The van der Waals surface area contributed by atoms with Crippen molar-refractivity contribution in [3.05, 3.63) is 29.8 Å². The van der Waals surface area contributed by atoms with Crippen molar-refractivity contribution in [3.8, 4) is 0 Å². The van der Waals surface area contributed by atoms with E-state index in [-0.39, 0.29) is 0 Å². The molecule has 0 radical (unpaired) electrons. The van der Waals surface area contributed by atoms with Crippen molar-refractivity contribution in [1.82, 2.24) is 4.90 Å². The highest BCUT2D eigenvalue weighted by Crippen LogP contribution is 2.19. The molecule has 0 spiro atoms. The zero-order valence-corrected chi connectivity index (χ0v) is 12.0. The Kier molecular flexibility index (Phi) is 4.81. The summed E-state index contributed by atoms with van der Waals surface area (Å²) in [5.41, 5.74) is -1.17. The van der Waals surface area contributed by atoms with Crippen LogP contribution in [0.15, 0.2) is 18.2 Å². The molecular weight excluding hydrogens is 266 g/mol. The van der Waals surface area contributed by atoms with E-state index in [1.165, 1.54) is 11.0 Å². The predicted octanol–water partition coefficient (Wildman–Crippen LogP) is 2.55. The van der Waals surface area contributed by atoms with Crippen LogP contribution < -0.4 is 5.32 Å². The fourth-order valence-corrected chi connectivity index (χ4v) is 1.83. The van der Waals surface area contributed by atoms with Crippen molar-refractivity contribution in [1.29, 1.82) is 0 Å². The number of likely N-dealkylation sites (N-methyl/N-ethyl adjacent to an activating group) is 1. The molecule has 1 rings (SSSR count). The van der Waals surface area contributed by atoms with Gasteiger partial charge in [0, 0.05) is 12.1 Å². The van der Waals surface area contributed by atoms with Crippen molar-refractivity contribution in [3.63, 3.8) is 0 Å². The number of para-hydroxylation sites is 1. The van der Waals surface area contributed by atoms with Gasteiger partial charge in [0.15, 0.2) is 0 Å². The second-order valence-corrected chi connectivity index (χ2v) is 5.27. The first-order valence-electron chi connectivity index (χ1n) is 6.25.